The van der Waals surface area contributed by atoms with Crippen LogP contribution in [0.15, 0.2) is 18.2 Å². The maximum Gasteiger partial charge on any atom is 0.248 e. The van der Waals surface area contributed by atoms with Gasteiger partial charge in [-0.2, -0.15) is 4.98 Å². The summed E-state index contributed by atoms with van der Waals surface area (Å²) in [5, 5.41) is 6.81. The van der Waals surface area contributed by atoms with Gasteiger partial charge in [-0.05, 0) is 24.1 Å². The Labute approximate surface area is 116 Å². The number of carbonyl (C=O) groups is 1. The van der Waals surface area contributed by atoms with Crippen LogP contribution in [0, 0.1) is 6.92 Å². The van der Waals surface area contributed by atoms with Crippen molar-refractivity contribution < 1.29 is 9.53 Å². The van der Waals surface area contributed by atoms with E-state index in [0.717, 1.165) is 30.2 Å². The van der Waals surface area contributed by atoms with Gasteiger partial charge in [0.2, 0.25) is 11.9 Å². The Hall–Kier alpha value is -2.37. The first-order valence-electron chi connectivity index (χ1n) is 6.54. The Bertz CT molecular complexity index is 644. The summed E-state index contributed by atoms with van der Waals surface area (Å²) in [7, 11) is 1.79. The number of amides is 1. The highest BCUT2D eigenvalue weighted by Crippen LogP contribution is 2.26. The van der Waals surface area contributed by atoms with Crippen molar-refractivity contribution in [3.8, 4) is 5.75 Å². The van der Waals surface area contributed by atoms with E-state index in [1.54, 1.807) is 11.7 Å². The summed E-state index contributed by atoms with van der Waals surface area (Å²) in [5.74, 6) is 1.92. The standard InChI is InChI=1S/C14H16N4O2/c1-9-15-14(17-18(9)2)16-13(19)8-10-3-4-12-11(7-10)5-6-20-12/h3-4,7H,5-6,8H2,1-2H3,(H,16,17,19). The zero-order valence-electron chi connectivity index (χ0n) is 11.5. The molecule has 0 spiro atoms. The van der Waals surface area contributed by atoms with Crippen molar-refractivity contribution in [2.75, 3.05) is 11.9 Å². The molecule has 0 saturated carbocycles. The molecular weight excluding hydrogens is 256 g/mol. The van der Waals surface area contributed by atoms with Gasteiger partial charge >= 0.3 is 0 Å². The number of carbonyl (C=O) groups excluding carboxylic acids is 1. The molecular formula is C14H16N4O2. The summed E-state index contributed by atoms with van der Waals surface area (Å²) in [5.41, 5.74) is 2.14. The molecule has 0 fully saturated rings. The zero-order valence-corrected chi connectivity index (χ0v) is 11.5. The molecule has 1 aliphatic rings. The Kier molecular flexibility index (Phi) is 3.14. The van der Waals surface area contributed by atoms with Gasteiger partial charge in [-0.25, -0.2) is 0 Å². The monoisotopic (exact) mass is 272 g/mol. The SMILES string of the molecule is Cc1nc(NC(=O)Cc2ccc3c(c2)CCO3)nn1C. The van der Waals surface area contributed by atoms with Gasteiger partial charge in [-0.1, -0.05) is 12.1 Å². The highest BCUT2D eigenvalue weighted by Gasteiger charge is 2.14. The van der Waals surface area contributed by atoms with Crippen molar-refractivity contribution in [2.24, 2.45) is 7.05 Å². The molecule has 6 nitrogen and oxygen atoms in total. The number of aryl methyl sites for hydroxylation is 2. The third kappa shape index (κ3) is 2.49. The average Bonchev–Trinajstić information content (AvgIpc) is 2.96. The van der Waals surface area contributed by atoms with Gasteiger partial charge < -0.3 is 4.74 Å². The molecule has 1 aromatic heterocycles. The molecule has 0 atom stereocenters. The number of hydrogen-bond acceptors (Lipinski definition) is 4. The van der Waals surface area contributed by atoms with Crippen molar-refractivity contribution in [2.45, 2.75) is 19.8 Å². The van der Waals surface area contributed by atoms with Crippen molar-refractivity contribution in [3.63, 3.8) is 0 Å². The summed E-state index contributed by atoms with van der Waals surface area (Å²) in [6.07, 6.45) is 1.22. The molecule has 6 heteroatoms. The molecule has 0 saturated heterocycles. The van der Waals surface area contributed by atoms with E-state index in [4.69, 9.17) is 4.74 Å². The highest BCUT2D eigenvalue weighted by molar-refractivity contribution is 5.90. The smallest absolute Gasteiger partial charge is 0.248 e. The topological polar surface area (TPSA) is 69.0 Å². The molecule has 3 rings (SSSR count). The number of hydrogen-bond donors (Lipinski definition) is 1. The molecule has 20 heavy (non-hydrogen) atoms. The second kappa shape index (κ2) is 4.96. The number of anilines is 1. The van der Waals surface area contributed by atoms with Crippen molar-refractivity contribution in [1.82, 2.24) is 14.8 Å². The normalized spacial score (nSPS) is 12.9. The second-order valence-corrected chi connectivity index (χ2v) is 4.87. The maximum atomic E-state index is 12.0. The number of aromatic nitrogens is 3. The third-order valence-electron chi connectivity index (χ3n) is 3.35. The van der Waals surface area contributed by atoms with Gasteiger partial charge in [-0.15, -0.1) is 5.10 Å². The number of nitrogens with one attached hydrogen (secondary N) is 1. The number of ether oxygens (including phenoxy) is 1. The zero-order chi connectivity index (χ0) is 14.1. The number of rotatable bonds is 3. The van der Waals surface area contributed by atoms with Crippen LogP contribution in [0.5, 0.6) is 5.75 Å². The molecule has 0 radical (unpaired) electrons. The molecule has 1 N–H and O–H groups in total. The van der Waals surface area contributed by atoms with Crippen LogP contribution in [0.2, 0.25) is 0 Å². The van der Waals surface area contributed by atoms with Crippen molar-refractivity contribution in [3.05, 3.63) is 35.2 Å². The molecule has 2 aromatic rings. The fourth-order valence-corrected chi connectivity index (χ4v) is 2.22. The summed E-state index contributed by atoms with van der Waals surface area (Å²) in [4.78, 5) is 16.1. The van der Waals surface area contributed by atoms with Crippen molar-refractivity contribution in [1.29, 1.82) is 0 Å². The van der Waals surface area contributed by atoms with E-state index in [9.17, 15) is 4.79 Å². The highest BCUT2D eigenvalue weighted by atomic mass is 16.5. The number of benzene rings is 1. The minimum Gasteiger partial charge on any atom is -0.493 e. The molecule has 104 valence electrons. The molecule has 1 aliphatic heterocycles. The Morgan fingerprint density at radius 2 is 2.35 bits per heavy atom. The molecule has 1 amide bonds. The van der Waals surface area contributed by atoms with Gasteiger partial charge in [0, 0.05) is 13.5 Å². The van der Waals surface area contributed by atoms with Crippen LogP contribution < -0.4 is 10.1 Å². The molecule has 2 heterocycles. The molecule has 0 unspecified atom stereocenters. The minimum absolute atomic E-state index is 0.116. The third-order valence-corrected chi connectivity index (χ3v) is 3.35. The van der Waals surface area contributed by atoms with Crippen LogP contribution in [0.1, 0.15) is 17.0 Å². The van der Waals surface area contributed by atoms with Crippen LogP contribution in [0.25, 0.3) is 0 Å². The average molecular weight is 272 g/mol. The fraction of sp³-hybridized carbons (Fsp3) is 0.357. The van der Waals surface area contributed by atoms with Gasteiger partial charge in [0.25, 0.3) is 0 Å². The first-order valence-corrected chi connectivity index (χ1v) is 6.54. The lowest BCUT2D eigenvalue weighted by Gasteiger charge is -2.04. The van der Waals surface area contributed by atoms with E-state index < -0.39 is 0 Å². The molecule has 1 aromatic carbocycles. The predicted molar refractivity (Wildman–Crippen MR) is 73.7 cm³/mol. The first kappa shape index (κ1) is 12.7. The first-order chi connectivity index (χ1) is 9.61. The summed E-state index contributed by atoms with van der Waals surface area (Å²) >= 11 is 0. The Morgan fingerprint density at radius 3 is 3.10 bits per heavy atom. The quantitative estimate of drug-likeness (QED) is 0.912. The van der Waals surface area contributed by atoms with E-state index in [1.165, 1.54) is 5.56 Å². The fourth-order valence-electron chi connectivity index (χ4n) is 2.22. The Balaban J connectivity index is 1.67. The van der Waals surface area contributed by atoms with Crippen LogP contribution in [0.4, 0.5) is 5.95 Å². The lowest BCUT2D eigenvalue weighted by atomic mass is 10.1. The van der Waals surface area contributed by atoms with E-state index in [-0.39, 0.29) is 5.91 Å². The van der Waals surface area contributed by atoms with E-state index >= 15 is 0 Å². The lowest BCUT2D eigenvalue weighted by Crippen LogP contribution is -2.15. The lowest BCUT2D eigenvalue weighted by molar-refractivity contribution is -0.115. The van der Waals surface area contributed by atoms with Crippen LogP contribution in [0.3, 0.4) is 0 Å². The van der Waals surface area contributed by atoms with E-state index in [0.29, 0.717) is 12.4 Å². The summed E-state index contributed by atoms with van der Waals surface area (Å²) < 4.78 is 7.07. The molecule has 0 bridgehead atoms. The molecule has 0 aliphatic carbocycles. The largest absolute Gasteiger partial charge is 0.493 e. The van der Waals surface area contributed by atoms with E-state index in [2.05, 4.69) is 15.4 Å². The van der Waals surface area contributed by atoms with Crippen LogP contribution in [-0.4, -0.2) is 27.3 Å². The van der Waals surface area contributed by atoms with Crippen molar-refractivity contribution >= 4 is 11.9 Å². The maximum absolute atomic E-state index is 12.0. The second-order valence-electron chi connectivity index (χ2n) is 4.87. The van der Waals surface area contributed by atoms with Gasteiger partial charge in [0.15, 0.2) is 0 Å². The number of fused-ring (bicyclic) bond motifs is 1. The van der Waals surface area contributed by atoms with E-state index in [1.807, 2.05) is 25.1 Å². The van der Waals surface area contributed by atoms with Crippen LogP contribution in [-0.2, 0) is 24.7 Å². The number of nitrogens with zero attached hydrogens (tertiary/aromatic N) is 3. The van der Waals surface area contributed by atoms with Gasteiger partial charge in [-0.3, -0.25) is 14.8 Å². The summed E-state index contributed by atoms with van der Waals surface area (Å²) in [6.45, 7) is 2.56. The van der Waals surface area contributed by atoms with Gasteiger partial charge in [0.05, 0.1) is 13.0 Å². The van der Waals surface area contributed by atoms with Crippen LogP contribution >= 0.6 is 0 Å². The minimum atomic E-state index is -0.116. The Morgan fingerprint density at radius 1 is 1.50 bits per heavy atom. The van der Waals surface area contributed by atoms with Gasteiger partial charge in [0.1, 0.15) is 11.6 Å². The summed E-state index contributed by atoms with van der Waals surface area (Å²) in [6, 6.07) is 5.87. The predicted octanol–water partition coefficient (Wildman–Crippen LogP) is 1.24.